The lowest BCUT2D eigenvalue weighted by Gasteiger charge is -2.31. The minimum absolute atomic E-state index is 0.0285. The van der Waals surface area contributed by atoms with Crippen molar-refractivity contribution >= 4 is 5.91 Å². The van der Waals surface area contributed by atoms with E-state index in [0.717, 1.165) is 12.8 Å². The topological polar surface area (TPSA) is 64.3 Å². The van der Waals surface area contributed by atoms with E-state index in [1.165, 1.54) is 0 Å². The van der Waals surface area contributed by atoms with Crippen molar-refractivity contribution in [2.75, 3.05) is 13.2 Å². The summed E-state index contributed by atoms with van der Waals surface area (Å²) in [4.78, 5) is 11.2. The number of carbonyl (C=O) groups is 1. The number of hydrogen-bond donors (Lipinski definition) is 2. The lowest BCUT2D eigenvalue weighted by molar-refractivity contribution is -0.130. The number of nitrogens with one attached hydrogen (secondary N) is 1. The predicted octanol–water partition coefficient (Wildman–Crippen LogP) is 0.265. The van der Waals surface area contributed by atoms with Crippen LogP contribution < -0.4 is 11.1 Å². The normalized spacial score (nSPS) is 26.0. The van der Waals surface area contributed by atoms with Gasteiger partial charge in [0.15, 0.2) is 0 Å². The number of rotatable bonds is 5. The van der Waals surface area contributed by atoms with Gasteiger partial charge in [-0.1, -0.05) is 13.8 Å². The maximum absolute atomic E-state index is 11.2. The van der Waals surface area contributed by atoms with Crippen molar-refractivity contribution in [3.8, 4) is 0 Å². The first-order valence-electron chi connectivity index (χ1n) is 5.21. The van der Waals surface area contributed by atoms with Gasteiger partial charge in [-0.15, -0.1) is 0 Å². The minimum Gasteiger partial charge on any atom is -0.368 e. The highest BCUT2D eigenvalue weighted by Crippen LogP contribution is 2.20. The second kappa shape index (κ2) is 5.32. The highest BCUT2D eigenvalue weighted by Gasteiger charge is 2.26. The maximum Gasteiger partial charge on any atom is 0.246 e. The number of amides is 1. The molecular formula is C10H20N2O2. The molecule has 0 saturated heterocycles. The molecule has 1 rings (SSSR count). The van der Waals surface area contributed by atoms with Gasteiger partial charge in [-0.2, -0.15) is 0 Å². The van der Waals surface area contributed by atoms with Gasteiger partial charge in [-0.3, -0.25) is 4.79 Å². The first-order valence-corrected chi connectivity index (χ1v) is 5.21. The van der Waals surface area contributed by atoms with Crippen LogP contribution in [0.2, 0.25) is 0 Å². The fourth-order valence-corrected chi connectivity index (χ4v) is 1.30. The third kappa shape index (κ3) is 4.07. The Labute approximate surface area is 85.2 Å². The summed E-state index contributed by atoms with van der Waals surface area (Å²) in [6.45, 7) is 5.01. The van der Waals surface area contributed by atoms with Crippen LogP contribution >= 0.6 is 0 Å². The SMILES string of the molecule is CC(C)CNC(=O)COC1CC(N)C1. The highest BCUT2D eigenvalue weighted by molar-refractivity contribution is 5.77. The first-order chi connectivity index (χ1) is 6.58. The average molecular weight is 200 g/mol. The van der Waals surface area contributed by atoms with Crippen LogP contribution in [0.25, 0.3) is 0 Å². The quantitative estimate of drug-likeness (QED) is 0.669. The van der Waals surface area contributed by atoms with E-state index in [4.69, 9.17) is 10.5 Å². The predicted molar refractivity (Wildman–Crippen MR) is 54.8 cm³/mol. The summed E-state index contributed by atoms with van der Waals surface area (Å²) in [6, 6.07) is 0.277. The first kappa shape index (κ1) is 11.5. The molecule has 1 amide bonds. The van der Waals surface area contributed by atoms with Crippen molar-refractivity contribution < 1.29 is 9.53 Å². The van der Waals surface area contributed by atoms with Gasteiger partial charge in [0.05, 0.1) is 6.10 Å². The molecule has 4 nitrogen and oxygen atoms in total. The van der Waals surface area contributed by atoms with Crippen molar-refractivity contribution in [1.82, 2.24) is 5.32 Å². The van der Waals surface area contributed by atoms with E-state index in [0.29, 0.717) is 12.5 Å². The minimum atomic E-state index is -0.0285. The zero-order valence-corrected chi connectivity index (χ0v) is 8.95. The lowest BCUT2D eigenvalue weighted by atomic mass is 9.90. The van der Waals surface area contributed by atoms with Crippen LogP contribution in [0.1, 0.15) is 26.7 Å². The van der Waals surface area contributed by atoms with Gasteiger partial charge in [0.25, 0.3) is 0 Å². The molecule has 0 aliphatic heterocycles. The van der Waals surface area contributed by atoms with E-state index in [1.54, 1.807) is 0 Å². The van der Waals surface area contributed by atoms with Crippen molar-refractivity contribution in [3.63, 3.8) is 0 Å². The Bertz CT molecular complexity index is 189. The van der Waals surface area contributed by atoms with Gasteiger partial charge < -0.3 is 15.8 Å². The molecular weight excluding hydrogens is 180 g/mol. The molecule has 0 spiro atoms. The van der Waals surface area contributed by atoms with Crippen molar-refractivity contribution in [2.24, 2.45) is 11.7 Å². The van der Waals surface area contributed by atoms with E-state index in [1.807, 2.05) is 0 Å². The van der Waals surface area contributed by atoms with E-state index < -0.39 is 0 Å². The summed E-state index contributed by atoms with van der Waals surface area (Å²) < 4.78 is 5.35. The van der Waals surface area contributed by atoms with Crippen LogP contribution in [0, 0.1) is 5.92 Å². The molecule has 1 saturated carbocycles. The monoisotopic (exact) mass is 200 g/mol. The van der Waals surface area contributed by atoms with Gasteiger partial charge in [-0.05, 0) is 18.8 Å². The van der Waals surface area contributed by atoms with E-state index in [2.05, 4.69) is 19.2 Å². The van der Waals surface area contributed by atoms with Gasteiger partial charge >= 0.3 is 0 Å². The molecule has 0 aromatic carbocycles. The Kier molecular flexibility index (Phi) is 4.35. The molecule has 1 aliphatic carbocycles. The van der Waals surface area contributed by atoms with E-state index in [-0.39, 0.29) is 24.7 Å². The maximum atomic E-state index is 11.2. The smallest absolute Gasteiger partial charge is 0.246 e. The van der Waals surface area contributed by atoms with E-state index in [9.17, 15) is 4.79 Å². The average Bonchev–Trinajstić information content (AvgIpc) is 2.07. The number of carbonyl (C=O) groups excluding carboxylic acids is 1. The third-order valence-electron chi connectivity index (χ3n) is 2.29. The lowest BCUT2D eigenvalue weighted by Crippen LogP contribution is -2.43. The van der Waals surface area contributed by atoms with Crippen LogP contribution in [0.4, 0.5) is 0 Å². The highest BCUT2D eigenvalue weighted by atomic mass is 16.5. The summed E-state index contributed by atoms with van der Waals surface area (Å²) in [7, 11) is 0. The fraction of sp³-hybridized carbons (Fsp3) is 0.900. The summed E-state index contributed by atoms with van der Waals surface area (Å²) >= 11 is 0. The molecule has 0 radical (unpaired) electrons. The van der Waals surface area contributed by atoms with Crippen molar-refractivity contribution in [2.45, 2.75) is 38.8 Å². The molecule has 1 aliphatic rings. The molecule has 82 valence electrons. The van der Waals surface area contributed by atoms with Crippen LogP contribution in [0.5, 0.6) is 0 Å². The zero-order valence-electron chi connectivity index (χ0n) is 8.95. The molecule has 0 atom stereocenters. The standard InChI is InChI=1S/C10H20N2O2/c1-7(2)5-12-10(13)6-14-9-3-8(11)4-9/h7-9H,3-6,11H2,1-2H3,(H,12,13). The van der Waals surface area contributed by atoms with E-state index >= 15 is 0 Å². The molecule has 14 heavy (non-hydrogen) atoms. The van der Waals surface area contributed by atoms with Crippen molar-refractivity contribution in [1.29, 1.82) is 0 Å². The second-order valence-corrected chi connectivity index (χ2v) is 4.36. The Morgan fingerprint density at radius 1 is 1.57 bits per heavy atom. The van der Waals surface area contributed by atoms with Crippen LogP contribution in [0.3, 0.4) is 0 Å². The Morgan fingerprint density at radius 3 is 2.71 bits per heavy atom. The zero-order chi connectivity index (χ0) is 10.6. The van der Waals surface area contributed by atoms with Crippen LogP contribution in [-0.2, 0) is 9.53 Å². The summed E-state index contributed by atoms with van der Waals surface area (Å²) in [6.07, 6.45) is 1.98. The van der Waals surface area contributed by atoms with Crippen LogP contribution in [0.15, 0.2) is 0 Å². The number of hydrogen-bond acceptors (Lipinski definition) is 3. The number of ether oxygens (including phenoxy) is 1. The molecule has 0 bridgehead atoms. The molecule has 1 fully saturated rings. The second-order valence-electron chi connectivity index (χ2n) is 4.36. The molecule has 4 heteroatoms. The van der Waals surface area contributed by atoms with Gasteiger partial charge in [0, 0.05) is 12.6 Å². The number of nitrogens with two attached hydrogens (primary N) is 1. The Morgan fingerprint density at radius 2 is 2.21 bits per heavy atom. The Hall–Kier alpha value is -0.610. The summed E-state index contributed by atoms with van der Waals surface area (Å²) in [5.41, 5.74) is 5.59. The molecule has 0 heterocycles. The molecule has 0 aromatic rings. The summed E-state index contributed by atoms with van der Waals surface area (Å²) in [5.74, 6) is 0.454. The largest absolute Gasteiger partial charge is 0.368 e. The summed E-state index contributed by atoms with van der Waals surface area (Å²) in [5, 5.41) is 2.80. The Balaban J connectivity index is 1.98. The van der Waals surface area contributed by atoms with Gasteiger partial charge in [0.1, 0.15) is 6.61 Å². The van der Waals surface area contributed by atoms with Crippen LogP contribution in [-0.4, -0.2) is 31.2 Å². The molecule has 3 N–H and O–H groups in total. The third-order valence-corrected chi connectivity index (χ3v) is 2.29. The van der Waals surface area contributed by atoms with Crippen molar-refractivity contribution in [3.05, 3.63) is 0 Å². The van der Waals surface area contributed by atoms with Gasteiger partial charge in [-0.25, -0.2) is 0 Å². The fourth-order valence-electron chi connectivity index (χ4n) is 1.30. The van der Waals surface area contributed by atoms with Gasteiger partial charge in [0.2, 0.25) is 5.91 Å². The molecule has 0 unspecified atom stereocenters. The molecule has 0 aromatic heterocycles.